The zero-order chi connectivity index (χ0) is 15.7. The van der Waals surface area contributed by atoms with Gasteiger partial charge in [-0.25, -0.2) is 13.4 Å². The summed E-state index contributed by atoms with van der Waals surface area (Å²) in [5, 5.41) is -0.318. The van der Waals surface area contributed by atoms with Crippen molar-refractivity contribution in [3.63, 3.8) is 0 Å². The molecule has 0 amide bonds. The van der Waals surface area contributed by atoms with Gasteiger partial charge in [-0.05, 0) is 45.7 Å². The summed E-state index contributed by atoms with van der Waals surface area (Å²) in [4.78, 5) is 16.2. The van der Waals surface area contributed by atoms with E-state index < -0.39 is 15.4 Å². The molecule has 1 fully saturated rings. The molecule has 21 heavy (non-hydrogen) atoms. The maximum Gasteiger partial charge on any atom is 0.317 e. The van der Waals surface area contributed by atoms with Gasteiger partial charge in [0.1, 0.15) is 11.2 Å². The summed E-state index contributed by atoms with van der Waals surface area (Å²) < 4.78 is 31.3. The van der Waals surface area contributed by atoms with Gasteiger partial charge in [-0.1, -0.05) is 6.07 Å². The molecule has 6 nitrogen and oxygen atoms in total. The largest absolute Gasteiger partial charge is 0.465 e. The Kier molecular flexibility index (Phi) is 4.22. The van der Waals surface area contributed by atoms with Gasteiger partial charge >= 0.3 is 5.97 Å². The van der Waals surface area contributed by atoms with Gasteiger partial charge in [0, 0.05) is 0 Å². The summed E-state index contributed by atoms with van der Waals surface area (Å²) in [5.74, 6) is -0.156. The smallest absolute Gasteiger partial charge is 0.317 e. The maximum atomic E-state index is 12.0. The Labute approximate surface area is 125 Å². The van der Waals surface area contributed by atoms with E-state index in [4.69, 9.17) is 4.74 Å². The summed E-state index contributed by atoms with van der Waals surface area (Å²) in [6, 6.07) is 4.94. The van der Waals surface area contributed by atoms with Crippen LogP contribution in [0.1, 0.15) is 39.3 Å². The monoisotopic (exact) mass is 312 g/mol. The Hall–Kier alpha value is -1.63. The first-order chi connectivity index (χ1) is 9.77. The highest BCUT2D eigenvalue weighted by Gasteiger charge is 2.37. The van der Waals surface area contributed by atoms with E-state index in [1.165, 1.54) is 0 Å². The molecule has 1 heterocycles. The number of hydrogen-bond donors (Lipinski definition) is 1. The van der Waals surface area contributed by atoms with Crippen LogP contribution in [0.5, 0.6) is 0 Å². The van der Waals surface area contributed by atoms with Crippen LogP contribution in [0.2, 0.25) is 0 Å². The van der Waals surface area contributed by atoms with Crippen molar-refractivity contribution in [2.45, 2.75) is 44.3 Å². The second-order valence-electron chi connectivity index (χ2n) is 5.60. The van der Waals surface area contributed by atoms with Crippen LogP contribution in [0.4, 0.5) is 5.82 Å². The fraction of sp³-hybridized carbons (Fsp3) is 0.571. The Morgan fingerprint density at radius 1 is 1.43 bits per heavy atom. The number of ether oxygens (including phenoxy) is 1. The Morgan fingerprint density at radius 3 is 2.67 bits per heavy atom. The first-order valence-corrected chi connectivity index (χ1v) is 8.48. The fourth-order valence-electron chi connectivity index (χ4n) is 1.86. The Bertz CT molecular complexity index is 636. The predicted molar refractivity (Wildman–Crippen MR) is 79.5 cm³/mol. The molecule has 2 rings (SSSR count). The maximum absolute atomic E-state index is 12.0. The van der Waals surface area contributed by atoms with Gasteiger partial charge in [-0.2, -0.15) is 0 Å². The lowest BCUT2D eigenvalue weighted by Crippen LogP contribution is -2.32. The fourth-order valence-corrected chi connectivity index (χ4v) is 3.19. The van der Waals surface area contributed by atoms with E-state index in [-0.39, 0.29) is 23.6 Å². The summed E-state index contributed by atoms with van der Waals surface area (Å²) in [7, 11) is -3.36. The van der Waals surface area contributed by atoms with Gasteiger partial charge in [0.25, 0.3) is 0 Å². The SMILES string of the molecule is CCOC(=O)C(C)(C)c1cccc(NS(=O)(=O)C2CC2)n1. The van der Waals surface area contributed by atoms with E-state index in [9.17, 15) is 13.2 Å². The summed E-state index contributed by atoms with van der Waals surface area (Å²) in [6.07, 6.45) is 1.37. The number of anilines is 1. The molecule has 1 aliphatic rings. The van der Waals surface area contributed by atoms with Crippen LogP contribution in [-0.4, -0.2) is 31.2 Å². The first-order valence-electron chi connectivity index (χ1n) is 6.93. The van der Waals surface area contributed by atoms with Crippen molar-refractivity contribution in [3.8, 4) is 0 Å². The van der Waals surface area contributed by atoms with Crippen LogP contribution in [0.25, 0.3) is 0 Å². The van der Waals surface area contributed by atoms with Gasteiger partial charge in [0.05, 0.1) is 17.6 Å². The predicted octanol–water partition coefficient (Wildman–Crippen LogP) is 1.83. The van der Waals surface area contributed by atoms with E-state index in [1.807, 2.05) is 0 Å². The van der Waals surface area contributed by atoms with E-state index in [0.29, 0.717) is 18.5 Å². The molecule has 1 aromatic heterocycles. The molecular weight excluding hydrogens is 292 g/mol. The molecule has 0 bridgehead atoms. The Morgan fingerprint density at radius 2 is 2.10 bits per heavy atom. The summed E-state index contributed by atoms with van der Waals surface area (Å²) in [5.41, 5.74) is -0.464. The van der Waals surface area contributed by atoms with Crippen LogP contribution in [-0.2, 0) is 25.0 Å². The normalized spacial score (nSPS) is 15.6. The van der Waals surface area contributed by atoms with E-state index >= 15 is 0 Å². The second-order valence-corrected chi connectivity index (χ2v) is 7.56. The molecule has 0 unspecified atom stereocenters. The number of pyridine rings is 1. The lowest BCUT2D eigenvalue weighted by atomic mass is 9.89. The topological polar surface area (TPSA) is 85.4 Å². The van der Waals surface area contributed by atoms with Gasteiger partial charge < -0.3 is 4.74 Å². The highest BCUT2D eigenvalue weighted by atomic mass is 32.2. The molecule has 0 atom stereocenters. The molecule has 1 aromatic rings. The second kappa shape index (κ2) is 5.63. The number of carbonyl (C=O) groups is 1. The van der Waals surface area contributed by atoms with Gasteiger partial charge in [0.2, 0.25) is 10.0 Å². The molecule has 1 N–H and O–H groups in total. The standard InChI is InChI=1S/C14H20N2O4S/c1-4-20-13(17)14(2,3)11-6-5-7-12(15-11)16-21(18,19)10-8-9-10/h5-7,10H,4,8-9H2,1-3H3,(H,15,16). The summed E-state index contributed by atoms with van der Waals surface area (Å²) >= 11 is 0. The molecule has 0 aliphatic heterocycles. The lowest BCUT2D eigenvalue weighted by molar-refractivity contribution is -0.148. The number of carbonyl (C=O) groups excluding carboxylic acids is 1. The van der Waals surface area contributed by atoms with Crippen molar-refractivity contribution < 1.29 is 17.9 Å². The third-order valence-electron chi connectivity index (χ3n) is 3.39. The minimum atomic E-state index is -3.36. The van der Waals surface area contributed by atoms with Crippen LogP contribution >= 0.6 is 0 Å². The molecule has 1 saturated carbocycles. The van der Waals surface area contributed by atoms with E-state index in [1.54, 1.807) is 39.0 Å². The van der Waals surface area contributed by atoms with Crippen molar-refractivity contribution in [3.05, 3.63) is 23.9 Å². The van der Waals surface area contributed by atoms with Gasteiger partial charge in [-0.15, -0.1) is 0 Å². The quantitative estimate of drug-likeness (QED) is 0.810. The molecule has 116 valence electrons. The molecule has 1 aliphatic carbocycles. The average molecular weight is 312 g/mol. The van der Waals surface area contributed by atoms with Crippen molar-refractivity contribution >= 4 is 21.8 Å². The average Bonchev–Trinajstić information content (AvgIpc) is 3.23. The number of nitrogens with one attached hydrogen (secondary N) is 1. The van der Waals surface area contributed by atoms with Crippen LogP contribution < -0.4 is 4.72 Å². The van der Waals surface area contributed by atoms with Crippen LogP contribution in [0, 0.1) is 0 Å². The third kappa shape index (κ3) is 3.53. The molecule has 0 saturated heterocycles. The highest BCUT2D eigenvalue weighted by Crippen LogP contribution is 2.30. The number of esters is 1. The minimum Gasteiger partial charge on any atom is -0.465 e. The molecule has 0 spiro atoms. The zero-order valence-corrected chi connectivity index (χ0v) is 13.2. The number of rotatable bonds is 6. The van der Waals surface area contributed by atoms with Crippen LogP contribution in [0.3, 0.4) is 0 Å². The van der Waals surface area contributed by atoms with Crippen molar-refractivity contribution in [1.82, 2.24) is 4.98 Å². The Balaban J connectivity index is 2.23. The van der Waals surface area contributed by atoms with Crippen LogP contribution in [0.15, 0.2) is 18.2 Å². The molecule has 0 aromatic carbocycles. The minimum absolute atomic E-state index is 0.233. The first kappa shape index (κ1) is 15.8. The van der Waals surface area contributed by atoms with Crippen molar-refractivity contribution in [1.29, 1.82) is 0 Å². The highest BCUT2D eigenvalue weighted by molar-refractivity contribution is 7.93. The lowest BCUT2D eigenvalue weighted by Gasteiger charge is -2.22. The number of sulfonamides is 1. The summed E-state index contributed by atoms with van der Waals surface area (Å²) in [6.45, 7) is 5.43. The van der Waals surface area contributed by atoms with Gasteiger partial charge in [-0.3, -0.25) is 9.52 Å². The molecule has 0 radical (unpaired) electrons. The van der Waals surface area contributed by atoms with Gasteiger partial charge in [0.15, 0.2) is 0 Å². The van der Waals surface area contributed by atoms with E-state index in [0.717, 1.165) is 0 Å². The van der Waals surface area contributed by atoms with Crippen molar-refractivity contribution in [2.75, 3.05) is 11.3 Å². The van der Waals surface area contributed by atoms with Crippen molar-refractivity contribution in [2.24, 2.45) is 0 Å². The van der Waals surface area contributed by atoms with E-state index in [2.05, 4.69) is 9.71 Å². The molecule has 7 heteroatoms. The number of hydrogen-bond acceptors (Lipinski definition) is 5. The number of nitrogens with zero attached hydrogens (tertiary/aromatic N) is 1. The third-order valence-corrected chi connectivity index (χ3v) is 5.23. The zero-order valence-electron chi connectivity index (χ0n) is 12.4. The number of aromatic nitrogens is 1. The molecular formula is C14H20N2O4S.